The maximum absolute atomic E-state index is 11.1. The van der Waals surface area contributed by atoms with Crippen LogP contribution in [0.3, 0.4) is 0 Å². The molecule has 0 radical (unpaired) electrons. The van der Waals surface area contributed by atoms with Gasteiger partial charge >= 0.3 is 0 Å². The molecule has 1 N–H and O–H groups in total. The number of hydrogen-bond donors (Lipinski definition) is 1. The van der Waals surface area contributed by atoms with E-state index in [0.29, 0.717) is 5.92 Å². The highest BCUT2D eigenvalue weighted by Gasteiger charge is 2.42. The quantitative estimate of drug-likeness (QED) is 0.750. The van der Waals surface area contributed by atoms with Crippen LogP contribution in [0.5, 0.6) is 0 Å². The van der Waals surface area contributed by atoms with Crippen molar-refractivity contribution in [2.75, 3.05) is 0 Å². The van der Waals surface area contributed by atoms with E-state index in [-0.39, 0.29) is 0 Å². The van der Waals surface area contributed by atoms with Crippen molar-refractivity contribution < 1.29 is 9.52 Å². The maximum Gasteiger partial charge on any atom is 0.109 e. The molecule has 1 aromatic heterocycles. The van der Waals surface area contributed by atoms with Crippen molar-refractivity contribution in [2.24, 2.45) is 5.92 Å². The van der Waals surface area contributed by atoms with Crippen LogP contribution in [0, 0.1) is 5.92 Å². The highest BCUT2D eigenvalue weighted by molar-refractivity contribution is 5.28. The monoisotopic (exact) mass is 234 g/mol. The molecule has 0 saturated heterocycles. The SMILES string of the molecule is OC1(C2CCCCCC2)CCCc2occc21. The predicted octanol–water partition coefficient (Wildman–Crippen LogP) is 3.77. The first-order valence-corrected chi connectivity index (χ1v) is 7.10. The smallest absolute Gasteiger partial charge is 0.109 e. The lowest BCUT2D eigenvalue weighted by Gasteiger charge is -2.38. The zero-order chi connectivity index (χ0) is 11.7. The molecule has 2 aliphatic carbocycles. The Morgan fingerprint density at radius 3 is 2.65 bits per heavy atom. The first-order valence-electron chi connectivity index (χ1n) is 7.10. The van der Waals surface area contributed by atoms with Gasteiger partial charge in [0, 0.05) is 12.0 Å². The van der Waals surface area contributed by atoms with Gasteiger partial charge in [0.25, 0.3) is 0 Å². The second kappa shape index (κ2) is 4.49. The van der Waals surface area contributed by atoms with Crippen molar-refractivity contribution >= 4 is 0 Å². The second-order valence-corrected chi connectivity index (χ2v) is 5.72. The van der Waals surface area contributed by atoms with Gasteiger partial charge in [0.05, 0.1) is 11.9 Å². The molecule has 1 unspecified atom stereocenters. The van der Waals surface area contributed by atoms with Crippen molar-refractivity contribution in [3.05, 3.63) is 23.7 Å². The maximum atomic E-state index is 11.1. The van der Waals surface area contributed by atoms with Gasteiger partial charge in [-0.15, -0.1) is 0 Å². The van der Waals surface area contributed by atoms with E-state index in [9.17, 15) is 5.11 Å². The summed E-state index contributed by atoms with van der Waals surface area (Å²) >= 11 is 0. The lowest BCUT2D eigenvalue weighted by atomic mass is 9.71. The Morgan fingerprint density at radius 2 is 1.88 bits per heavy atom. The summed E-state index contributed by atoms with van der Waals surface area (Å²) in [5, 5.41) is 11.1. The van der Waals surface area contributed by atoms with E-state index in [1.165, 1.54) is 38.5 Å². The molecule has 1 heterocycles. The summed E-state index contributed by atoms with van der Waals surface area (Å²) in [4.78, 5) is 0. The first-order chi connectivity index (χ1) is 8.31. The molecule has 0 spiro atoms. The van der Waals surface area contributed by atoms with Gasteiger partial charge in [0.15, 0.2) is 0 Å². The average molecular weight is 234 g/mol. The lowest BCUT2D eigenvalue weighted by Crippen LogP contribution is -2.37. The highest BCUT2D eigenvalue weighted by Crippen LogP contribution is 2.46. The molecule has 0 amide bonds. The van der Waals surface area contributed by atoms with E-state index in [1.807, 2.05) is 6.07 Å². The highest BCUT2D eigenvalue weighted by atomic mass is 16.3. The Kier molecular flexibility index (Phi) is 2.99. The minimum Gasteiger partial charge on any atom is -0.469 e. The molecule has 2 aliphatic rings. The number of aliphatic hydroxyl groups is 1. The summed E-state index contributed by atoms with van der Waals surface area (Å²) < 4.78 is 5.51. The van der Waals surface area contributed by atoms with Crippen LogP contribution >= 0.6 is 0 Å². The number of fused-ring (bicyclic) bond motifs is 1. The van der Waals surface area contributed by atoms with Gasteiger partial charge in [0.2, 0.25) is 0 Å². The van der Waals surface area contributed by atoms with E-state index >= 15 is 0 Å². The third-order valence-corrected chi connectivity index (χ3v) is 4.70. The molecule has 0 aromatic carbocycles. The Morgan fingerprint density at radius 1 is 1.12 bits per heavy atom. The molecule has 94 valence electrons. The topological polar surface area (TPSA) is 33.4 Å². The second-order valence-electron chi connectivity index (χ2n) is 5.72. The van der Waals surface area contributed by atoms with Gasteiger partial charge in [-0.2, -0.15) is 0 Å². The molecule has 1 fully saturated rings. The summed E-state index contributed by atoms with van der Waals surface area (Å²) in [6.45, 7) is 0. The molecule has 2 nitrogen and oxygen atoms in total. The third-order valence-electron chi connectivity index (χ3n) is 4.70. The fourth-order valence-corrected chi connectivity index (χ4v) is 3.75. The molecular weight excluding hydrogens is 212 g/mol. The van der Waals surface area contributed by atoms with Crippen LogP contribution < -0.4 is 0 Å². The van der Waals surface area contributed by atoms with Crippen LogP contribution in [0.15, 0.2) is 16.7 Å². The number of furan rings is 1. The van der Waals surface area contributed by atoms with E-state index in [4.69, 9.17) is 4.42 Å². The minimum atomic E-state index is -0.592. The molecule has 1 aromatic rings. The summed E-state index contributed by atoms with van der Waals surface area (Å²) in [6, 6.07) is 2.00. The van der Waals surface area contributed by atoms with Crippen molar-refractivity contribution in [1.82, 2.24) is 0 Å². The van der Waals surface area contributed by atoms with E-state index in [0.717, 1.165) is 30.6 Å². The molecule has 1 atom stereocenters. The third kappa shape index (κ3) is 1.93. The predicted molar refractivity (Wildman–Crippen MR) is 66.7 cm³/mol. The molecule has 2 heteroatoms. The molecule has 17 heavy (non-hydrogen) atoms. The van der Waals surface area contributed by atoms with Gasteiger partial charge < -0.3 is 9.52 Å². The normalized spacial score (nSPS) is 30.9. The van der Waals surface area contributed by atoms with Crippen molar-refractivity contribution in [1.29, 1.82) is 0 Å². The molecule has 3 rings (SSSR count). The zero-order valence-corrected chi connectivity index (χ0v) is 10.5. The Labute approximate surface area is 103 Å². The molecular formula is C15H22O2. The van der Waals surface area contributed by atoms with Crippen LogP contribution in [-0.4, -0.2) is 5.11 Å². The van der Waals surface area contributed by atoms with E-state index < -0.39 is 5.60 Å². The Hall–Kier alpha value is -0.760. The number of rotatable bonds is 1. The lowest BCUT2D eigenvalue weighted by molar-refractivity contribution is -0.0467. The summed E-state index contributed by atoms with van der Waals surface area (Å²) in [6.07, 6.45) is 12.3. The summed E-state index contributed by atoms with van der Waals surface area (Å²) in [7, 11) is 0. The summed E-state index contributed by atoms with van der Waals surface area (Å²) in [5.41, 5.74) is 0.501. The van der Waals surface area contributed by atoms with Gasteiger partial charge in [0.1, 0.15) is 5.76 Å². The van der Waals surface area contributed by atoms with Crippen LogP contribution in [0.4, 0.5) is 0 Å². The van der Waals surface area contributed by atoms with Crippen molar-refractivity contribution in [3.63, 3.8) is 0 Å². The van der Waals surface area contributed by atoms with Crippen LogP contribution in [0.25, 0.3) is 0 Å². The Balaban J connectivity index is 1.90. The average Bonchev–Trinajstić information content (AvgIpc) is 2.65. The van der Waals surface area contributed by atoms with E-state index in [1.54, 1.807) is 6.26 Å². The first kappa shape index (κ1) is 11.3. The molecule has 1 saturated carbocycles. The van der Waals surface area contributed by atoms with Gasteiger partial charge in [-0.05, 0) is 37.7 Å². The van der Waals surface area contributed by atoms with Gasteiger partial charge in [-0.25, -0.2) is 0 Å². The van der Waals surface area contributed by atoms with Gasteiger partial charge in [-0.3, -0.25) is 0 Å². The van der Waals surface area contributed by atoms with E-state index in [2.05, 4.69) is 0 Å². The van der Waals surface area contributed by atoms with Gasteiger partial charge in [-0.1, -0.05) is 25.7 Å². The van der Waals surface area contributed by atoms with Crippen LogP contribution in [0.2, 0.25) is 0 Å². The zero-order valence-electron chi connectivity index (χ0n) is 10.5. The van der Waals surface area contributed by atoms with Crippen LogP contribution in [0.1, 0.15) is 62.7 Å². The number of aryl methyl sites for hydroxylation is 1. The minimum absolute atomic E-state index is 0.446. The fraction of sp³-hybridized carbons (Fsp3) is 0.733. The standard InChI is InChI=1S/C15H22O2/c16-15(12-6-3-1-2-4-7-12)10-5-8-14-13(15)9-11-17-14/h9,11-12,16H,1-8,10H2. The number of hydrogen-bond acceptors (Lipinski definition) is 2. The summed E-state index contributed by atoms with van der Waals surface area (Å²) in [5.74, 6) is 1.48. The fourth-order valence-electron chi connectivity index (χ4n) is 3.75. The van der Waals surface area contributed by atoms with Crippen molar-refractivity contribution in [3.8, 4) is 0 Å². The molecule has 0 bridgehead atoms. The largest absolute Gasteiger partial charge is 0.469 e. The van der Waals surface area contributed by atoms with Crippen molar-refractivity contribution in [2.45, 2.75) is 63.4 Å². The molecule has 0 aliphatic heterocycles. The Bertz CT molecular complexity index is 374. The van der Waals surface area contributed by atoms with Crippen LogP contribution in [-0.2, 0) is 12.0 Å².